The van der Waals surface area contributed by atoms with E-state index in [1.54, 1.807) is 7.11 Å². The summed E-state index contributed by atoms with van der Waals surface area (Å²) in [6.07, 6.45) is 3.16. The zero-order valence-electron chi connectivity index (χ0n) is 12.7. The summed E-state index contributed by atoms with van der Waals surface area (Å²) in [5.41, 5.74) is 2.59. The zero-order valence-corrected chi connectivity index (χ0v) is 12.7. The fourth-order valence-electron chi connectivity index (χ4n) is 2.18. The standard InChI is InChI=1S/C17H27NO2/c1-4-5-10-17(19)14-18(11-12-20-3)13-16-9-7-6-8-15(16)2/h4,6-9,17,19H,1,5,10-14H2,2-3H3. The van der Waals surface area contributed by atoms with E-state index in [0.717, 1.165) is 25.9 Å². The van der Waals surface area contributed by atoms with E-state index in [4.69, 9.17) is 4.74 Å². The molecule has 0 fully saturated rings. The normalized spacial score (nSPS) is 12.6. The number of hydrogen-bond acceptors (Lipinski definition) is 3. The number of aliphatic hydroxyl groups excluding tert-OH is 1. The van der Waals surface area contributed by atoms with Crippen molar-refractivity contribution < 1.29 is 9.84 Å². The molecule has 1 aromatic carbocycles. The van der Waals surface area contributed by atoms with Crippen molar-refractivity contribution in [1.82, 2.24) is 4.90 Å². The van der Waals surface area contributed by atoms with Crippen LogP contribution in [0.1, 0.15) is 24.0 Å². The molecule has 0 saturated heterocycles. The van der Waals surface area contributed by atoms with Gasteiger partial charge in [-0.2, -0.15) is 0 Å². The summed E-state index contributed by atoms with van der Waals surface area (Å²) in [5, 5.41) is 10.1. The largest absolute Gasteiger partial charge is 0.392 e. The van der Waals surface area contributed by atoms with Gasteiger partial charge in [-0.1, -0.05) is 30.3 Å². The highest BCUT2D eigenvalue weighted by Gasteiger charge is 2.12. The Labute approximate surface area is 122 Å². The minimum atomic E-state index is -0.311. The number of aliphatic hydroxyl groups is 1. The Balaban J connectivity index is 2.59. The van der Waals surface area contributed by atoms with Gasteiger partial charge in [-0.3, -0.25) is 4.90 Å². The molecule has 20 heavy (non-hydrogen) atoms. The molecule has 0 saturated carbocycles. The minimum Gasteiger partial charge on any atom is -0.392 e. The average Bonchev–Trinajstić information content (AvgIpc) is 2.45. The van der Waals surface area contributed by atoms with Crippen LogP contribution in [-0.2, 0) is 11.3 Å². The minimum absolute atomic E-state index is 0.311. The molecular weight excluding hydrogens is 250 g/mol. The first kappa shape index (κ1) is 16.9. The molecule has 0 bridgehead atoms. The van der Waals surface area contributed by atoms with Gasteiger partial charge < -0.3 is 9.84 Å². The number of ether oxygens (including phenoxy) is 1. The summed E-state index contributed by atoms with van der Waals surface area (Å²) in [7, 11) is 1.71. The summed E-state index contributed by atoms with van der Waals surface area (Å²) in [6.45, 7) is 8.85. The third kappa shape index (κ3) is 6.33. The van der Waals surface area contributed by atoms with E-state index in [0.29, 0.717) is 13.2 Å². The molecule has 1 atom stereocenters. The highest BCUT2D eigenvalue weighted by atomic mass is 16.5. The van der Waals surface area contributed by atoms with Crippen LogP contribution in [-0.4, -0.2) is 42.9 Å². The Morgan fingerprint density at radius 2 is 2.15 bits per heavy atom. The molecule has 1 rings (SSSR count). The van der Waals surface area contributed by atoms with Crippen LogP contribution in [0.4, 0.5) is 0 Å². The molecule has 0 aliphatic carbocycles. The van der Waals surface area contributed by atoms with Crippen LogP contribution in [0.3, 0.4) is 0 Å². The maximum Gasteiger partial charge on any atom is 0.0670 e. The van der Waals surface area contributed by atoms with Gasteiger partial charge in [0.1, 0.15) is 0 Å². The Kier molecular flexibility index (Phi) is 8.19. The predicted octanol–water partition coefficient (Wildman–Crippen LogP) is 2.77. The lowest BCUT2D eigenvalue weighted by Crippen LogP contribution is -2.34. The van der Waals surface area contributed by atoms with Gasteiger partial charge in [0.15, 0.2) is 0 Å². The average molecular weight is 277 g/mol. The molecule has 0 aliphatic heterocycles. The van der Waals surface area contributed by atoms with Gasteiger partial charge in [-0.25, -0.2) is 0 Å². The van der Waals surface area contributed by atoms with Gasteiger partial charge in [0.2, 0.25) is 0 Å². The van der Waals surface area contributed by atoms with Gasteiger partial charge in [-0.15, -0.1) is 6.58 Å². The molecule has 0 heterocycles. The Hall–Kier alpha value is -1.16. The number of methoxy groups -OCH3 is 1. The van der Waals surface area contributed by atoms with Gasteiger partial charge in [0.05, 0.1) is 12.7 Å². The molecule has 1 aromatic rings. The van der Waals surface area contributed by atoms with Crippen molar-refractivity contribution in [2.24, 2.45) is 0 Å². The number of rotatable bonds is 10. The quantitative estimate of drug-likeness (QED) is 0.668. The number of allylic oxidation sites excluding steroid dienone is 1. The topological polar surface area (TPSA) is 32.7 Å². The third-order valence-corrected chi connectivity index (χ3v) is 3.44. The molecule has 1 N–H and O–H groups in total. The van der Waals surface area contributed by atoms with E-state index in [-0.39, 0.29) is 6.10 Å². The van der Waals surface area contributed by atoms with Crippen molar-refractivity contribution in [2.75, 3.05) is 26.8 Å². The van der Waals surface area contributed by atoms with E-state index in [2.05, 4.69) is 42.7 Å². The Morgan fingerprint density at radius 1 is 1.40 bits per heavy atom. The zero-order chi connectivity index (χ0) is 14.8. The van der Waals surface area contributed by atoms with Crippen molar-refractivity contribution in [3.8, 4) is 0 Å². The third-order valence-electron chi connectivity index (χ3n) is 3.44. The van der Waals surface area contributed by atoms with Gasteiger partial charge in [0.25, 0.3) is 0 Å². The summed E-state index contributed by atoms with van der Waals surface area (Å²) in [6, 6.07) is 8.38. The number of benzene rings is 1. The van der Waals surface area contributed by atoms with E-state index in [9.17, 15) is 5.11 Å². The molecule has 0 aliphatic rings. The molecule has 3 heteroatoms. The van der Waals surface area contributed by atoms with Crippen LogP contribution in [0.5, 0.6) is 0 Å². The molecule has 0 spiro atoms. The van der Waals surface area contributed by atoms with Gasteiger partial charge in [-0.05, 0) is 30.9 Å². The number of aryl methyl sites for hydroxylation is 1. The number of hydrogen-bond donors (Lipinski definition) is 1. The van der Waals surface area contributed by atoms with Crippen LogP contribution in [0, 0.1) is 6.92 Å². The van der Waals surface area contributed by atoms with Crippen LogP contribution in [0.25, 0.3) is 0 Å². The van der Waals surface area contributed by atoms with Crippen LogP contribution in [0.2, 0.25) is 0 Å². The van der Waals surface area contributed by atoms with E-state index in [1.165, 1.54) is 11.1 Å². The highest BCUT2D eigenvalue weighted by Crippen LogP contribution is 2.11. The van der Waals surface area contributed by atoms with Crippen molar-refractivity contribution >= 4 is 0 Å². The fourth-order valence-corrected chi connectivity index (χ4v) is 2.18. The lowest BCUT2D eigenvalue weighted by atomic mass is 10.1. The first-order valence-corrected chi connectivity index (χ1v) is 7.22. The van der Waals surface area contributed by atoms with Crippen molar-refractivity contribution in [1.29, 1.82) is 0 Å². The second kappa shape index (κ2) is 9.70. The summed E-state index contributed by atoms with van der Waals surface area (Å²) in [4.78, 5) is 2.25. The van der Waals surface area contributed by atoms with E-state index >= 15 is 0 Å². The Morgan fingerprint density at radius 3 is 2.80 bits per heavy atom. The van der Waals surface area contributed by atoms with Crippen LogP contribution >= 0.6 is 0 Å². The first-order valence-electron chi connectivity index (χ1n) is 7.22. The second-order valence-electron chi connectivity index (χ2n) is 5.17. The summed E-state index contributed by atoms with van der Waals surface area (Å²) in [5.74, 6) is 0. The lowest BCUT2D eigenvalue weighted by Gasteiger charge is -2.25. The van der Waals surface area contributed by atoms with Gasteiger partial charge in [0, 0.05) is 26.7 Å². The first-order chi connectivity index (χ1) is 9.67. The molecule has 1 unspecified atom stereocenters. The molecule has 112 valence electrons. The second-order valence-corrected chi connectivity index (χ2v) is 5.17. The van der Waals surface area contributed by atoms with Gasteiger partial charge >= 0.3 is 0 Å². The lowest BCUT2D eigenvalue weighted by molar-refractivity contribution is 0.0808. The van der Waals surface area contributed by atoms with Crippen molar-refractivity contribution in [2.45, 2.75) is 32.4 Å². The smallest absolute Gasteiger partial charge is 0.0670 e. The number of nitrogens with zero attached hydrogens (tertiary/aromatic N) is 1. The predicted molar refractivity (Wildman–Crippen MR) is 83.8 cm³/mol. The molecule has 0 aromatic heterocycles. The highest BCUT2D eigenvalue weighted by molar-refractivity contribution is 5.25. The molecule has 0 radical (unpaired) electrons. The van der Waals surface area contributed by atoms with E-state index < -0.39 is 0 Å². The van der Waals surface area contributed by atoms with Crippen LogP contribution < -0.4 is 0 Å². The monoisotopic (exact) mass is 277 g/mol. The molecule has 0 amide bonds. The van der Waals surface area contributed by atoms with Crippen LogP contribution in [0.15, 0.2) is 36.9 Å². The molecular formula is C17H27NO2. The van der Waals surface area contributed by atoms with Crippen molar-refractivity contribution in [3.05, 3.63) is 48.0 Å². The SMILES string of the molecule is C=CCCC(O)CN(CCOC)Cc1ccccc1C. The van der Waals surface area contributed by atoms with Crippen molar-refractivity contribution in [3.63, 3.8) is 0 Å². The molecule has 3 nitrogen and oxygen atoms in total. The Bertz CT molecular complexity index is 392. The summed E-state index contributed by atoms with van der Waals surface area (Å²) < 4.78 is 5.16. The fraction of sp³-hybridized carbons (Fsp3) is 0.529. The maximum absolute atomic E-state index is 10.1. The maximum atomic E-state index is 10.1. The summed E-state index contributed by atoms with van der Waals surface area (Å²) >= 11 is 0. The van der Waals surface area contributed by atoms with E-state index in [1.807, 2.05) is 6.08 Å².